The number of nitrogens with zero attached hydrogens (tertiary/aromatic N) is 1. The molecular weight excluding hydrogens is 450 g/mol. The van der Waals surface area contributed by atoms with Gasteiger partial charge in [-0.1, -0.05) is 12.1 Å². The SMILES string of the molecule is C=CCN1CC[C@]23c4c5ccc(O)c4O[C@H]2[C@@H](OCCOCCC[Si](C)(C)O)CC[C@@]3(O)[C@H]1C5. The Morgan fingerprint density at radius 1 is 1.26 bits per heavy atom. The topological polar surface area (TPSA) is 91.6 Å². The first-order valence-electron chi connectivity index (χ1n) is 12.7. The summed E-state index contributed by atoms with van der Waals surface area (Å²) in [5.41, 5.74) is 0.674. The van der Waals surface area contributed by atoms with Crippen LogP contribution in [0.15, 0.2) is 24.8 Å². The number of phenolic OH excluding ortho intramolecular Hbond substituents is 1. The number of rotatable bonds is 10. The van der Waals surface area contributed by atoms with Crippen LogP contribution < -0.4 is 4.74 Å². The molecular formula is C26H39NO6Si. The highest BCUT2D eigenvalue weighted by atomic mass is 28.4. The highest BCUT2D eigenvalue weighted by Gasteiger charge is 2.73. The zero-order chi connectivity index (χ0) is 24.1. The van der Waals surface area contributed by atoms with Crippen molar-refractivity contribution in [1.29, 1.82) is 0 Å². The van der Waals surface area contributed by atoms with Crippen molar-refractivity contribution in [2.75, 3.05) is 32.9 Å². The lowest BCUT2D eigenvalue weighted by Gasteiger charge is -2.64. The van der Waals surface area contributed by atoms with Crippen LogP contribution in [0.25, 0.3) is 0 Å². The van der Waals surface area contributed by atoms with Gasteiger partial charge in [0, 0.05) is 24.8 Å². The molecule has 0 aromatic heterocycles. The van der Waals surface area contributed by atoms with Crippen LogP contribution in [0.1, 0.15) is 36.8 Å². The molecule has 0 unspecified atom stereocenters. The van der Waals surface area contributed by atoms with Gasteiger partial charge in [-0.15, -0.1) is 6.58 Å². The van der Waals surface area contributed by atoms with Crippen LogP contribution in [0.5, 0.6) is 11.5 Å². The third kappa shape index (κ3) is 3.74. The van der Waals surface area contributed by atoms with Gasteiger partial charge in [0.1, 0.15) is 6.10 Å². The Bertz CT molecular complexity index is 935. The maximum atomic E-state index is 12.3. The van der Waals surface area contributed by atoms with Crippen molar-refractivity contribution in [2.24, 2.45) is 0 Å². The lowest BCUT2D eigenvalue weighted by atomic mass is 9.48. The zero-order valence-electron chi connectivity index (χ0n) is 20.5. The third-order valence-corrected chi connectivity index (χ3v) is 10.1. The summed E-state index contributed by atoms with van der Waals surface area (Å²) in [4.78, 5) is 12.3. The second-order valence-corrected chi connectivity index (χ2v) is 15.2. The van der Waals surface area contributed by atoms with E-state index in [1.807, 2.05) is 25.2 Å². The number of benzene rings is 1. The summed E-state index contributed by atoms with van der Waals surface area (Å²) in [6, 6.07) is 4.56. The van der Waals surface area contributed by atoms with Crippen molar-refractivity contribution in [1.82, 2.24) is 4.90 Å². The van der Waals surface area contributed by atoms with Crippen molar-refractivity contribution in [3.05, 3.63) is 35.9 Å². The number of likely N-dealkylation sites (tertiary alicyclic amines) is 1. The van der Waals surface area contributed by atoms with E-state index in [4.69, 9.17) is 14.2 Å². The van der Waals surface area contributed by atoms with Crippen molar-refractivity contribution in [3.63, 3.8) is 0 Å². The molecule has 2 aliphatic carbocycles. The molecule has 1 aromatic carbocycles. The third-order valence-electron chi connectivity index (χ3n) is 8.52. The fourth-order valence-corrected chi connectivity index (χ4v) is 8.12. The van der Waals surface area contributed by atoms with E-state index in [9.17, 15) is 15.0 Å². The van der Waals surface area contributed by atoms with Gasteiger partial charge < -0.3 is 29.2 Å². The fourth-order valence-electron chi connectivity index (χ4n) is 7.11. The molecule has 2 heterocycles. The summed E-state index contributed by atoms with van der Waals surface area (Å²) in [7, 11) is -2.02. The van der Waals surface area contributed by atoms with Gasteiger partial charge in [0.25, 0.3) is 0 Å². The molecule has 2 fully saturated rings. The number of aromatic hydroxyl groups is 1. The molecule has 34 heavy (non-hydrogen) atoms. The summed E-state index contributed by atoms with van der Waals surface area (Å²) in [5, 5.41) is 23.0. The number of piperidine rings is 1. The number of aliphatic hydroxyl groups is 1. The molecule has 3 N–H and O–H groups in total. The Balaban J connectivity index is 1.33. The number of hydrogen-bond acceptors (Lipinski definition) is 7. The maximum Gasteiger partial charge on any atom is 0.182 e. The van der Waals surface area contributed by atoms with Crippen LogP contribution in [0, 0.1) is 0 Å². The summed E-state index contributed by atoms with van der Waals surface area (Å²) < 4.78 is 18.5. The molecule has 4 aliphatic rings. The first-order chi connectivity index (χ1) is 16.2. The average Bonchev–Trinajstić information content (AvgIpc) is 3.13. The molecule has 2 aliphatic heterocycles. The lowest BCUT2D eigenvalue weighted by molar-refractivity contribution is -0.215. The molecule has 1 saturated heterocycles. The van der Waals surface area contributed by atoms with Gasteiger partial charge in [0.15, 0.2) is 19.8 Å². The van der Waals surface area contributed by atoms with Gasteiger partial charge in [-0.2, -0.15) is 0 Å². The van der Waals surface area contributed by atoms with E-state index in [0.717, 1.165) is 49.5 Å². The van der Waals surface area contributed by atoms with Crippen molar-refractivity contribution in [3.8, 4) is 11.5 Å². The van der Waals surface area contributed by atoms with Crippen LogP contribution in [0.4, 0.5) is 0 Å². The van der Waals surface area contributed by atoms with E-state index in [0.29, 0.717) is 38.4 Å². The second kappa shape index (κ2) is 8.91. The second-order valence-electron chi connectivity index (χ2n) is 11.1. The molecule has 7 nitrogen and oxygen atoms in total. The predicted molar refractivity (Wildman–Crippen MR) is 132 cm³/mol. The van der Waals surface area contributed by atoms with Gasteiger partial charge in [-0.3, -0.25) is 4.90 Å². The van der Waals surface area contributed by atoms with E-state index in [1.165, 1.54) is 0 Å². The average molecular weight is 490 g/mol. The maximum absolute atomic E-state index is 12.3. The molecule has 1 aromatic rings. The van der Waals surface area contributed by atoms with E-state index in [-0.39, 0.29) is 24.0 Å². The Labute approximate surface area is 203 Å². The first-order valence-corrected chi connectivity index (χ1v) is 15.9. The van der Waals surface area contributed by atoms with Crippen LogP contribution in [0.3, 0.4) is 0 Å². The summed E-state index contributed by atoms with van der Waals surface area (Å²) >= 11 is 0. The standard InChI is InChI=1S/C26H39NO6Si/c1-4-11-27-12-10-25-22-18-6-7-19(28)23(22)33-24(25)20(8-9-26(25,29)21(27)17-18)32-15-14-31-13-5-16-34(2,3)30/h4,6-7,20-21,24,28-30H,1,5,8-17H2,2-3H3/t20-,21+,24-,25-,26+/m0/s1. The van der Waals surface area contributed by atoms with Crippen molar-refractivity contribution in [2.45, 2.75) is 80.5 Å². The Hall–Kier alpha value is -1.42. The molecule has 1 spiro atoms. The van der Waals surface area contributed by atoms with E-state index in [2.05, 4.69) is 11.5 Å². The lowest BCUT2D eigenvalue weighted by Crippen LogP contribution is -2.77. The predicted octanol–water partition coefficient (Wildman–Crippen LogP) is 2.72. The van der Waals surface area contributed by atoms with Gasteiger partial charge >= 0.3 is 0 Å². The molecule has 5 rings (SSSR count). The largest absolute Gasteiger partial charge is 0.504 e. The number of phenols is 1. The van der Waals surface area contributed by atoms with Crippen LogP contribution in [0.2, 0.25) is 19.1 Å². The van der Waals surface area contributed by atoms with Crippen LogP contribution in [-0.4, -0.2) is 85.0 Å². The van der Waals surface area contributed by atoms with Gasteiger partial charge in [0.05, 0.1) is 30.3 Å². The van der Waals surface area contributed by atoms with E-state index in [1.54, 1.807) is 6.07 Å². The minimum Gasteiger partial charge on any atom is -0.504 e. The minimum absolute atomic E-state index is 0.00282. The van der Waals surface area contributed by atoms with Crippen LogP contribution in [-0.2, 0) is 21.3 Å². The van der Waals surface area contributed by atoms with Gasteiger partial charge in [-0.25, -0.2) is 0 Å². The molecule has 0 radical (unpaired) electrons. The quantitative estimate of drug-likeness (QED) is 0.264. The molecule has 1 saturated carbocycles. The van der Waals surface area contributed by atoms with Crippen molar-refractivity contribution >= 4 is 8.32 Å². The summed E-state index contributed by atoms with van der Waals surface area (Å²) in [6.45, 7) is 11.0. The summed E-state index contributed by atoms with van der Waals surface area (Å²) in [5.74, 6) is 0.688. The fraction of sp³-hybridized carbons (Fsp3) is 0.692. The molecule has 5 atom stereocenters. The zero-order valence-corrected chi connectivity index (χ0v) is 21.5. The van der Waals surface area contributed by atoms with E-state index < -0.39 is 19.3 Å². The van der Waals surface area contributed by atoms with Gasteiger partial charge in [0.2, 0.25) is 0 Å². The normalized spacial score (nSPS) is 33.9. The monoisotopic (exact) mass is 489 g/mol. The highest BCUT2D eigenvalue weighted by molar-refractivity contribution is 6.69. The van der Waals surface area contributed by atoms with Crippen molar-refractivity contribution < 1.29 is 29.2 Å². The molecule has 0 amide bonds. The highest BCUT2D eigenvalue weighted by Crippen LogP contribution is 2.65. The molecule has 8 heteroatoms. The number of ether oxygens (including phenoxy) is 3. The van der Waals surface area contributed by atoms with E-state index >= 15 is 0 Å². The Kier molecular flexibility index (Phi) is 6.36. The Morgan fingerprint density at radius 3 is 2.85 bits per heavy atom. The molecule has 188 valence electrons. The Morgan fingerprint density at radius 2 is 2.09 bits per heavy atom. The van der Waals surface area contributed by atoms with Crippen LogP contribution >= 0.6 is 0 Å². The minimum atomic E-state index is -2.02. The number of hydrogen-bond donors (Lipinski definition) is 3. The van der Waals surface area contributed by atoms with Gasteiger partial charge in [-0.05, 0) is 69.4 Å². The smallest absolute Gasteiger partial charge is 0.182 e. The molecule has 2 bridgehead atoms. The first kappa shape index (κ1) is 24.3. The summed E-state index contributed by atoms with van der Waals surface area (Å²) in [6.07, 6.45) is 5.13.